The third-order valence-electron chi connectivity index (χ3n) is 6.61. The molecule has 10 nitrogen and oxygen atoms in total. The number of nitrogens with one attached hydrogen (secondary N) is 2. The Morgan fingerprint density at radius 2 is 2.11 bits per heavy atom. The summed E-state index contributed by atoms with van der Waals surface area (Å²) in [4.78, 5) is 48.6. The number of likely N-dealkylation sites (N-methyl/N-ethyl adjacent to an activating group) is 1. The van der Waals surface area contributed by atoms with Crippen molar-refractivity contribution in [3.63, 3.8) is 0 Å². The highest BCUT2D eigenvalue weighted by atomic mass is 16.5. The van der Waals surface area contributed by atoms with Crippen LogP contribution in [0.4, 0.5) is 11.6 Å². The van der Waals surface area contributed by atoms with E-state index in [0.29, 0.717) is 31.2 Å². The minimum atomic E-state index is -0.432. The van der Waals surface area contributed by atoms with E-state index in [1.165, 1.54) is 18.3 Å². The van der Waals surface area contributed by atoms with Crippen molar-refractivity contribution in [2.75, 3.05) is 43.5 Å². The van der Waals surface area contributed by atoms with Crippen LogP contribution < -0.4 is 20.5 Å². The number of rotatable bonds is 4. The van der Waals surface area contributed by atoms with Crippen LogP contribution in [0, 0.1) is 0 Å². The van der Waals surface area contributed by atoms with E-state index in [1.807, 2.05) is 23.7 Å². The molecular weight excluding hydrogens is 448 g/mol. The summed E-state index contributed by atoms with van der Waals surface area (Å²) in [6.07, 6.45) is 5.40. The van der Waals surface area contributed by atoms with E-state index in [4.69, 9.17) is 9.72 Å². The molecule has 1 fully saturated rings. The summed E-state index contributed by atoms with van der Waals surface area (Å²) in [5, 5.41) is 2.92. The molecule has 1 aromatic carbocycles. The molecule has 3 aromatic rings. The first-order chi connectivity index (χ1) is 17.0. The van der Waals surface area contributed by atoms with Gasteiger partial charge in [0, 0.05) is 38.0 Å². The highest BCUT2D eigenvalue weighted by Gasteiger charge is 2.30. The predicted molar refractivity (Wildman–Crippen MR) is 133 cm³/mol. The standard InChI is InChI=1S/C25H28N6O4/c1-3-21(33)30-11-5-4-6-17(15-30)31-22-18(7-8-19-23(22)29(2)12-13-35-19)27-25(31)28-24(34)16-9-10-26-20(32)14-16/h3,7-10,14,17H,1,4-6,11-13,15H2,2H3,(H,26,32)(H,27,28,34). The van der Waals surface area contributed by atoms with Crippen LogP contribution in [-0.4, -0.2) is 64.5 Å². The zero-order chi connectivity index (χ0) is 24.5. The van der Waals surface area contributed by atoms with Gasteiger partial charge in [-0.1, -0.05) is 6.58 Å². The molecule has 0 bridgehead atoms. The monoisotopic (exact) mass is 476 g/mol. The van der Waals surface area contributed by atoms with Crippen LogP contribution >= 0.6 is 0 Å². The Balaban J connectivity index is 1.65. The number of aromatic nitrogens is 3. The Kier molecular flexibility index (Phi) is 6.02. The summed E-state index contributed by atoms with van der Waals surface area (Å²) in [5.41, 5.74) is 2.35. The molecule has 2 N–H and O–H groups in total. The third kappa shape index (κ3) is 4.27. The Bertz CT molecular complexity index is 1360. The molecule has 182 valence electrons. The van der Waals surface area contributed by atoms with Gasteiger partial charge in [-0.15, -0.1) is 0 Å². The third-order valence-corrected chi connectivity index (χ3v) is 6.61. The van der Waals surface area contributed by atoms with E-state index >= 15 is 0 Å². The summed E-state index contributed by atoms with van der Waals surface area (Å²) in [5.74, 6) is 0.583. The minimum Gasteiger partial charge on any atom is -0.489 e. The lowest BCUT2D eigenvalue weighted by molar-refractivity contribution is -0.126. The van der Waals surface area contributed by atoms with Crippen molar-refractivity contribution < 1.29 is 14.3 Å². The van der Waals surface area contributed by atoms with E-state index in [0.717, 1.165) is 42.8 Å². The molecule has 0 aliphatic carbocycles. The second kappa shape index (κ2) is 9.28. The number of carbonyl (C=O) groups excluding carboxylic acids is 2. The topological polar surface area (TPSA) is 113 Å². The van der Waals surface area contributed by atoms with Gasteiger partial charge in [0.1, 0.15) is 18.0 Å². The van der Waals surface area contributed by atoms with E-state index in [2.05, 4.69) is 21.8 Å². The lowest BCUT2D eigenvalue weighted by Gasteiger charge is -2.31. The van der Waals surface area contributed by atoms with Crippen molar-refractivity contribution in [1.29, 1.82) is 0 Å². The zero-order valence-electron chi connectivity index (χ0n) is 19.6. The van der Waals surface area contributed by atoms with E-state index in [1.54, 1.807) is 11.0 Å². The molecule has 2 aliphatic rings. The van der Waals surface area contributed by atoms with Crippen LogP contribution in [0.3, 0.4) is 0 Å². The normalized spacial score (nSPS) is 17.9. The molecule has 10 heteroatoms. The molecule has 35 heavy (non-hydrogen) atoms. The first-order valence-corrected chi connectivity index (χ1v) is 11.8. The van der Waals surface area contributed by atoms with E-state index in [9.17, 15) is 14.4 Å². The van der Waals surface area contributed by atoms with Crippen molar-refractivity contribution in [3.8, 4) is 5.75 Å². The fourth-order valence-corrected chi connectivity index (χ4v) is 4.90. The Morgan fingerprint density at radius 3 is 2.91 bits per heavy atom. The number of carbonyl (C=O) groups is 2. The van der Waals surface area contributed by atoms with Gasteiger partial charge in [-0.25, -0.2) is 4.98 Å². The number of likely N-dealkylation sites (tertiary alicyclic amines) is 1. The summed E-state index contributed by atoms with van der Waals surface area (Å²) < 4.78 is 7.96. The van der Waals surface area contributed by atoms with Crippen LogP contribution in [0.25, 0.3) is 11.0 Å². The molecule has 5 rings (SSSR count). The molecule has 0 radical (unpaired) electrons. The van der Waals surface area contributed by atoms with Crippen LogP contribution in [0.2, 0.25) is 0 Å². The molecule has 2 aromatic heterocycles. The van der Waals surface area contributed by atoms with E-state index < -0.39 is 5.91 Å². The number of ether oxygens (including phenoxy) is 1. The van der Waals surface area contributed by atoms with Crippen molar-refractivity contribution >= 4 is 34.5 Å². The number of fused-ring (bicyclic) bond motifs is 3. The molecule has 0 spiro atoms. The van der Waals surface area contributed by atoms with Crippen LogP contribution in [0.1, 0.15) is 35.7 Å². The quantitative estimate of drug-likeness (QED) is 0.560. The molecule has 2 aliphatic heterocycles. The zero-order valence-corrected chi connectivity index (χ0v) is 19.6. The molecule has 4 heterocycles. The average molecular weight is 477 g/mol. The summed E-state index contributed by atoms with van der Waals surface area (Å²) in [7, 11) is 2.01. The van der Waals surface area contributed by atoms with Gasteiger partial charge in [0.2, 0.25) is 17.4 Å². The lowest BCUT2D eigenvalue weighted by Crippen LogP contribution is -2.35. The van der Waals surface area contributed by atoms with Gasteiger partial charge in [0.05, 0.1) is 23.6 Å². The van der Waals surface area contributed by atoms with Crippen molar-refractivity contribution in [1.82, 2.24) is 19.4 Å². The van der Waals surface area contributed by atoms with Crippen molar-refractivity contribution in [3.05, 3.63) is 59.0 Å². The molecule has 0 saturated carbocycles. The van der Waals surface area contributed by atoms with Gasteiger partial charge in [-0.05, 0) is 43.5 Å². The van der Waals surface area contributed by atoms with Crippen molar-refractivity contribution in [2.45, 2.75) is 25.3 Å². The first kappa shape index (κ1) is 22.7. The fourth-order valence-electron chi connectivity index (χ4n) is 4.90. The largest absolute Gasteiger partial charge is 0.489 e. The van der Waals surface area contributed by atoms with E-state index in [-0.39, 0.29) is 23.1 Å². The Labute approximate surface area is 202 Å². The highest BCUT2D eigenvalue weighted by Crippen LogP contribution is 2.41. The minimum absolute atomic E-state index is 0.113. The van der Waals surface area contributed by atoms with Gasteiger partial charge < -0.3 is 24.1 Å². The fraction of sp³-hybridized carbons (Fsp3) is 0.360. The smallest absolute Gasteiger partial charge is 0.258 e. The van der Waals surface area contributed by atoms with Gasteiger partial charge in [0.15, 0.2) is 0 Å². The summed E-state index contributed by atoms with van der Waals surface area (Å²) in [6, 6.07) is 6.46. The van der Waals surface area contributed by atoms with Gasteiger partial charge in [0.25, 0.3) is 5.91 Å². The molecular formula is C25H28N6O4. The molecule has 2 amide bonds. The maximum atomic E-state index is 13.1. The van der Waals surface area contributed by atoms with Crippen LogP contribution in [0.15, 0.2) is 47.9 Å². The second-order valence-electron chi connectivity index (χ2n) is 8.89. The number of H-pyrrole nitrogens is 1. The Hall–Kier alpha value is -4.08. The summed E-state index contributed by atoms with van der Waals surface area (Å²) >= 11 is 0. The van der Waals surface area contributed by atoms with Crippen LogP contribution in [-0.2, 0) is 4.79 Å². The second-order valence-corrected chi connectivity index (χ2v) is 8.89. The van der Waals surface area contributed by atoms with Crippen molar-refractivity contribution in [2.24, 2.45) is 0 Å². The number of imidazole rings is 1. The van der Waals surface area contributed by atoms with Gasteiger partial charge >= 0.3 is 0 Å². The number of pyridine rings is 1. The lowest BCUT2D eigenvalue weighted by atomic mass is 10.1. The SMILES string of the molecule is C=CC(=O)N1CCCCC(n2c(NC(=O)c3cc[nH]c(=O)c3)nc3ccc4c(c32)N(C)CCO4)C1. The average Bonchev–Trinajstić information content (AvgIpc) is 3.04. The number of hydrogen-bond acceptors (Lipinski definition) is 6. The Morgan fingerprint density at radius 1 is 1.26 bits per heavy atom. The summed E-state index contributed by atoms with van der Waals surface area (Å²) in [6.45, 7) is 6.08. The molecule has 1 atom stereocenters. The maximum absolute atomic E-state index is 13.1. The van der Waals surface area contributed by atoms with Gasteiger partial charge in [-0.3, -0.25) is 19.7 Å². The maximum Gasteiger partial charge on any atom is 0.258 e. The predicted octanol–water partition coefficient (Wildman–Crippen LogP) is 2.55. The number of anilines is 2. The number of hydrogen-bond donors (Lipinski definition) is 2. The van der Waals surface area contributed by atoms with Gasteiger partial charge in [-0.2, -0.15) is 0 Å². The molecule has 1 saturated heterocycles. The number of amides is 2. The number of nitrogens with zero attached hydrogens (tertiary/aromatic N) is 4. The molecule has 1 unspecified atom stereocenters. The number of benzene rings is 1. The highest BCUT2D eigenvalue weighted by molar-refractivity contribution is 6.05. The first-order valence-electron chi connectivity index (χ1n) is 11.8. The van der Waals surface area contributed by atoms with Crippen LogP contribution in [0.5, 0.6) is 5.75 Å². The number of aromatic amines is 1.